The minimum absolute atomic E-state index is 0.0128. The first-order chi connectivity index (χ1) is 16.4. The lowest BCUT2D eigenvalue weighted by molar-refractivity contribution is -0.145. The van der Waals surface area contributed by atoms with E-state index in [9.17, 15) is 19.4 Å². The van der Waals surface area contributed by atoms with Gasteiger partial charge < -0.3 is 19.7 Å². The smallest absolute Gasteiger partial charge is 0.308 e. The highest BCUT2D eigenvalue weighted by Gasteiger charge is 2.44. The summed E-state index contributed by atoms with van der Waals surface area (Å²) in [4.78, 5) is 11.6. The van der Waals surface area contributed by atoms with Crippen LogP contribution in [0.3, 0.4) is 0 Å². The fraction of sp³-hybridized carbons (Fsp3) is 0.393. The van der Waals surface area contributed by atoms with Gasteiger partial charge in [-0.15, -0.1) is 0 Å². The summed E-state index contributed by atoms with van der Waals surface area (Å²) in [5, 5.41) is 20.8. The van der Waals surface area contributed by atoms with Crippen molar-refractivity contribution in [2.24, 2.45) is 0 Å². The molecule has 1 heterocycles. The lowest BCUT2D eigenvalue weighted by Crippen LogP contribution is -2.38. The van der Waals surface area contributed by atoms with Gasteiger partial charge in [0.05, 0.1) is 25.2 Å². The number of aliphatic hydroxyl groups is 2. The molecule has 2 aromatic carbocycles. The van der Waals surface area contributed by atoms with E-state index in [0.29, 0.717) is 0 Å². The normalized spacial score (nSPS) is 18.6. The Morgan fingerprint density at radius 3 is 2.56 bits per heavy atom. The molecular weight excluding hydrogens is 435 g/mol. The predicted octanol–water partition coefficient (Wildman–Crippen LogP) is 4.95. The molecule has 0 amide bonds. The molecule has 0 unspecified atom stereocenters. The summed E-state index contributed by atoms with van der Waals surface area (Å²) in [5.74, 6) is 0.00402. The summed E-state index contributed by atoms with van der Waals surface area (Å²) >= 11 is 0. The highest BCUT2D eigenvalue weighted by Crippen LogP contribution is 2.50. The third-order valence-corrected chi connectivity index (χ3v) is 6.47. The molecule has 1 fully saturated rings. The minimum Gasteiger partial charge on any atom is -0.482 e. The van der Waals surface area contributed by atoms with Crippen LogP contribution in [-0.2, 0) is 9.53 Å². The number of carbonyl (C=O) groups excluding carboxylic acids is 1. The van der Waals surface area contributed by atoms with Crippen molar-refractivity contribution in [1.82, 2.24) is 0 Å². The highest BCUT2D eigenvalue weighted by molar-refractivity contribution is 5.89. The number of rotatable bonds is 8. The van der Waals surface area contributed by atoms with E-state index in [2.05, 4.69) is 0 Å². The van der Waals surface area contributed by atoms with Crippen LogP contribution in [-0.4, -0.2) is 40.6 Å². The molecule has 2 aliphatic rings. The Balaban J connectivity index is 1.70. The van der Waals surface area contributed by atoms with Crippen molar-refractivity contribution in [3.05, 3.63) is 83.2 Å². The lowest BCUT2D eigenvalue weighted by atomic mass is 9.79. The number of benzene rings is 2. The highest BCUT2D eigenvalue weighted by atomic mass is 19.1. The van der Waals surface area contributed by atoms with Gasteiger partial charge in [0.2, 0.25) is 0 Å². The molecule has 0 bridgehead atoms. The largest absolute Gasteiger partial charge is 0.482 e. The van der Waals surface area contributed by atoms with Gasteiger partial charge in [0, 0.05) is 17.6 Å². The van der Waals surface area contributed by atoms with Crippen LogP contribution in [0.25, 0.3) is 5.57 Å². The fourth-order valence-electron chi connectivity index (χ4n) is 4.94. The Bertz CT molecular complexity index is 1070. The third-order valence-electron chi connectivity index (χ3n) is 6.47. The number of carbonyl (C=O) groups is 1. The first-order valence-corrected chi connectivity index (χ1v) is 11.9. The van der Waals surface area contributed by atoms with E-state index < -0.39 is 23.8 Å². The van der Waals surface area contributed by atoms with E-state index in [1.54, 1.807) is 25.1 Å². The molecule has 2 N–H and O–H groups in total. The number of esters is 1. The van der Waals surface area contributed by atoms with Crippen LogP contribution in [0.2, 0.25) is 0 Å². The van der Waals surface area contributed by atoms with Crippen LogP contribution in [0.4, 0.5) is 4.39 Å². The molecule has 4 rings (SSSR count). The second-order valence-electron chi connectivity index (χ2n) is 8.92. The maximum atomic E-state index is 13.7. The van der Waals surface area contributed by atoms with Crippen molar-refractivity contribution in [2.75, 3.05) is 6.61 Å². The number of aliphatic hydroxyl groups excluding tert-OH is 2. The molecule has 6 heteroatoms. The first-order valence-electron chi connectivity index (χ1n) is 11.9. The van der Waals surface area contributed by atoms with Gasteiger partial charge in [0.25, 0.3) is 0 Å². The maximum absolute atomic E-state index is 13.7. The van der Waals surface area contributed by atoms with E-state index in [0.717, 1.165) is 53.7 Å². The average molecular weight is 467 g/mol. The summed E-state index contributed by atoms with van der Waals surface area (Å²) in [7, 11) is 0. The van der Waals surface area contributed by atoms with Crippen molar-refractivity contribution >= 4 is 11.5 Å². The standard InChI is InChI=1S/C28H31FO5/c1-2-33-26(32)18-22(31)17-21(30)13-14-24-27(19-9-11-20(29)12-10-19)23-7-3-4-8-25(23)34-28(24)15-5-6-16-28/h3-4,7-14,21-22,30-31H,2,5-6,15-18H2,1H3/b14-13+/t21-,22-/m1/s1. The van der Waals surface area contributed by atoms with Gasteiger partial charge >= 0.3 is 5.97 Å². The Morgan fingerprint density at radius 2 is 1.85 bits per heavy atom. The summed E-state index contributed by atoms with van der Waals surface area (Å²) in [6, 6.07) is 14.3. The number of para-hydroxylation sites is 1. The number of halogens is 1. The van der Waals surface area contributed by atoms with Crippen LogP contribution in [0, 0.1) is 5.82 Å². The Kier molecular flexibility index (Phi) is 7.49. The van der Waals surface area contributed by atoms with Crippen LogP contribution < -0.4 is 4.74 Å². The van der Waals surface area contributed by atoms with Crippen LogP contribution >= 0.6 is 0 Å². The zero-order valence-corrected chi connectivity index (χ0v) is 19.4. The predicted molar refractivity (Wildman–Crippen MR) is 128 cm³/mol. The minimum atomic E-state index is -1.01. The van der Waals surface area contributed by atoms with Gasteiger partial charge in [-0.1, -0.05) is 42.5 Å². The summed E-state index contributed by atoms with van der Waals surface area (Å²) in [6.07, 6.45) is 5.14. The number of fused-ring (bicyclic) bond motifs is 1. The Labute approximate surface area is 199 Å². The molecule has 0 saturated heterocycles. The average Bonchev–Trinajstić information content (AvgIpc) is 3.26. The number of hydrogen-bond acceptors (Lipinski definition) is 5. The Morgan fingerprint density at radius 1 is 1.15 bits per heavy atom. The topological polar surface area (TPSA) is 76.0 Å². The molecule has 1 aliphatic carbocycles. The lowest BCUT2D eigenvalue weighted by Gasteiger charge is -2.39. The van der Waals surface area contributed by atoms with Gasteiger partial charge in [-0.3, -0.25) is 4.79 Å². The van der Waals surface area contributed by atoms with E-state index in [1.807, 2.05) is 30.3 Å². The summed E-state index contributed by atoms with van der Waals surface area (Å²) < 4.78 is 25.2. The van der Waals surface area contributed by atoms with E-state index >= 15 is 0 Å². The van der Waals surface area contributed by atoms with Gasteiger partial charge in [0.15, 0.2) is 0 Å². The summed E-state index contributed by atoms with van der Waals surface area (Å²) in [6.45, 7) is 1.95. The molecule has 0 radical (unpaired) electrons. The number of hydrogen-bond donors (Lipinski definition) is 2. The second kappa shape index (κ2) is 10.5. The molecule has 34 heavy (non-hydrogen) atoms. The molecule has 1 spiro atoms. The molecule has 2 aromatic rings. The van der Waals surface area contributed by atoms with E-state index in [4.69, 9.17) is 9.47 Å². The SMILES string of the molecule is CCOC(=O)C[C@H](O)C[C@H](O)/C=C/C1=C(c2ccc(F)cc2)c2ccccc2OC12CCCC2. The van der Waals surface area contributed by atoms with Crippen molar-refractivity contribution in [1.29, 1.82) is 0 Å². The van der Waals surface area contributed by atoms with Gasteiger partial charge in [-0.2, -0.15) is 0 Å². The van der Waals surface area contributed by atoms with E-state index in [-0.39, 0.29) is 25.3 Å². The zero-order chi connectivity index (χ0) is 24.1. The quantitative estimate of drug-likeness (QED) is 0.538. The van der Waals surface area contributed by atoms with E-state index in [1.165, 1.54) is 12.1 Å². The van der Waals surface area contributed by atoms with Crippen molar-refractivity contribution < 1.29 is 28.9 Å². The van der Waals surface area contributed by atoms with Crippen LogP contribution in [0.1, 0.15) is 56.6 Å². The van der Waals surface area contributed by atoms with Crippen molar-refractivity contribution in [3.8, 4) is 5.75 Å². The Hall–Kier alpha value is -2.96. The fourth-order valence-corrected chi connectivity index (χ4v) is 4.94. The van der Waals surface area contributed by atoms with Crippen LogP contribution in [0.5, 0.6) is 5.75 Å². The van der Waals surface area contributed by atoms with Gasteiger partial charge in [0.1, 0.15) is 17.2 Å². The molecule has 2 atom stereocenters. The van der Waals surface area contributed by atoms with Crippen molar-refractivity contribution in [2.45, 2.75) is 63.3 Å². The third kappa shape index (κ3) is 5.24. The second-order valence-corrected chi connectivity index (χ2v) is 8.92. The molecule has 0 aromatic heterocycles. The number of ether oxygens (including phenoxy) is 2. The molecule has 5 nitrogen and oxygen atoms in total. The first kappa shape index (κ1) is 24.2. The van der Waals surface area contributed by atoms with Crippen LogP contribution in [0.15, 0.2) is 66.3 Å². The monoisotopic (exact) mass is 466 g/mol. The molecule has 1 aliphatic heterocycles. The van der Waals surface area contributed by atoms with Gasteiger partial charge in [-0.25, -0.2) is 4.39 Å². The molecule has 1 saturated carbocycles. The van der Waals surface area contributed by atoms with Crippen molar-refractivity contribution in [3.63, 3.8) is 0 Å². The molecular formula is C28H31FO5. The zero-order valence-electron chi connectivity index (χ0n) is 19.4. The van der Waals surface area contributed by atoms with Gasteiger partial charge in [-0.05, 0) is 61.9 Å². The molecule has 180 valence electrons. The summed E-state index contributed by atoms with van der Waals surface area (Å²) in [5.41, 5.74) is 3.16. The maximum Gasteiger partial charge on any atom is 0.308 e.